The highest BCUT2D eigenvalue weighted by Gasteiger charge is 2.44. The molecule has 3 heteroatoms. The molecular weight excluding hydrogens is 202 g/mol. The van der Waals surface area contributed by atoms with Crippen LogP contribution in [0.5, 0.6) is 0 Å². The van der Waals surface area contributed by atoms with Crippen molar-refractivity contribution < 1.29 is 9.84 Å². The van der Waals surface area contributed by atoms with Gasteiger partial charge in [-0.05, 0) is 51.5 Å². The van der Waals surface area contributed by atoms with Crippen LogP contribution in [-0.2, 0) is 4.74 Å². The number of hydrogen-bond donors (Lipinski definition) is 1. The predicted molar refractivity (Wildman–Crippen MR) is 62.4 cm³/mol. The zero-order chi connectivity index (χ0) is 11.0. The average Bonchev–Trinajstić information content (AvgIpc) is 2.27. The monoisotopic (exact) mass is 225 g/mol. The van der Waals surface area contributed by atoms with Crippen molar-refractivity contribution in [1.29, 1.82) is 0 Å². The molecule has 1 N–H and O–H groups in total. The Morgan fingerprint density at radius 1 is 1.19 bits per heavy atom. The highest BCUT2D eigenvalue weighted by molar-refractivity contribution is 4.97. The van der Waals surface area contributed by atoms with Gasteiger partial charge in [0.2, 0.25) is 0 Å². The Labute approximate surface area is 97.8 Å². The van der Waals surface area contributed by atoms with Gasteiger partial charge in [0.1, 0.15) is 0 Å². The van der Waals surface area contributed by atoms with Gasteiger partial charge in [-0.3, -0.25) is 4.90 Å². The van der Waals surface area contributed by atoms with Gasteiger partial charge in [-0.15, -0.1) is 0 Å². The molecule has 0 bridgehead atoms. The molecule has 0 amide bonds. The lowest BCUT2D eigenvalue weighted by molar-refractivity contribution is -0.152. The van der Waals surface area contributed by atoms with E-state index in [9.17, 15) is 5.11 Å². The number of piperidine rings is 1. The van der Waals surface area contributed by atoms with E-state index in [0.717, 1.165) is 32.4 Å². The first-order chi connectivity index (χ1) is 7.77. The lowest BCUT2D eigenvalue weighted by atomic mass is 9.73. The van der Waals surface area contributed by atoms with E-state index < -0.39 is 0 Å². The van der Waals surface area contributed by atoms with E-state index in [1.165, 1.54) is 32.2 Å². The molecule has 16 heavy (non-hydrogen) atoms. The first-order valence-corrected chi connectivity index (χ1v) is 6.84. The van der Waals surface area contributed by atoms with Crippen molar-refractivity contribution in [1.82, 2.24) is 4.90 Å². The molecule has 3 nitrogen and oxygen atoms in total. The minimum atomic E-state index is -0.0889. The molecule has 92 valence electrons. The molecule has 2 unspecified atom stereocenters. The van der Waals surface area contributed by atoms with E-state index in [1.807, 2.05) is 0 Å². The van der Waals surface area contributed by atoms with E-state index in [4.69, 9.17) is 4.74 Å². The van der Waals surface area contributed by atoms with Crippen LogP contribution in [0.1, 0.15) is 44.9 Å². The third-order valence-electron chi connectivity index (χ3n) is 4.68. The molecule has 2 atom stereocenters. The second-order valence-electron chi connectivity index (χ2n) is 5.82. The third kappa shape index (κ3) is 2.01. The van der Waals surface area contributed by atoms with Gasteiger partial charge in [0.05, 0.1) is 11.7 Å². The van der Waals surface area contributed by atoms with Gasteiger partial charge in [0.15, 0.2) is 0 Å². The normalized spacial score (nSPS) is 39.6. The summed E-state index contributed by atoms with van der Waals surface area (Å²) in [5.74, 6) is 0. The topological polar surface area (TPSA) is 32.7 Å². The molecule has 1 aliphatic carbocycles. The van der Waals surface area contributed by atoms with Crippen LogP contribution in [0, 0.1) is 0 Å². The van der Waals surface area contributed by atoms with Gasteiger partial charge in [0, 0.05) is 19.2 Å². The lowest BCUT2D eigenvalue weighted by Crippen LogP contribution is -2.54. The van der Waals surface area contributed by atoms with Crippen molar-refractivity contribution in [2.45, 2.75) is 62.7 Å². The maximum Gasteiger partial charge on any atom is 0.0697 e. The van der Waals surface area contributed by atoms with Crippen molar-refractivity contribution in [3.05, 3.63) is 0 Å². The maximum absolute atomic E-state index is 9.74. The maximum atomic E-state index is 9.74. The zero-order valence-electron chi connectivity index (χ0n) is 10.0. The highest BCUT2D eigenvalue weighted by Crippen LogP contribution is 2.43. The van der Waals surface area contributed by atoms with Gasteiger partial charge < -0.3 is 9.84 Å². The van der Waals surface area contributed by atoms with Gasteiger partial charge in [-0.1, -0.05) is 0 Å². The first kappa shape index (κ1) is 11.0. The number of nitrogens with zero attached hydrogens (tertiary/aromatic N) is 1. The lowest BCUT2D eigenvalue weighted by Gasteiger charge is -2.50. The van der Waals surface area contributed by atoms with Crippen LogP contribution in [0.15, 0.2) is 0 Å². The van der Waals surface area contributed by atoms with Crippen molar-refractivity contribution >= 4 is 0 Å². The van der Waals surface area contributed by atoms with E-state index in [2.05, 4.69) is 4.90 Å². The summed E-state index contributed by atoms with van der Waals surface area (Å²) in [6, 6.07) is 0.670. The van der Waals surface area contributed by atoms with E-state index in [1.54, 1.807) is 0 Å². The van der Waals surface area contributed by atoms with Gasteiger partial charge >= 0.3 is 0 Å². The summed E-state index contributed by atoms with van der Waals surface area (Å²) in [6.07, 6.45) is 8.30. The van der Waals surface area contributed by atoms with Crippen LogP contribution in [0.25, 0.3) is 0 Å². The van der Waals surface area contributed by atoms with Crippen LogP contribution in [-0.4, -0.2) is 47.4 Å². The van der Waals surface area contributed by atoms with Crippen LogP contribution in [0.3, 0.4) is 0 Å². The van der Waals surface area contributed by atoms with Gasteiger partial charge in [0.25, 0.3) is 0 Å². The van der Waals surface area contributed by atoms with Crippen molar-refractivity contribution in [2.75, 3.05) is 19.7 Å². The summed E-state index contributed by atoms with van der Waals surface area (Å²) in [7, 11) is 0. The number of rotatable bonds is 1. The molecule has 3 fully saturated rings. The Morgan fingerprint density at radius 3 is 2.75 bits per heavy atom. The second kappa shape index (κ2) is 4.28. The molecule has 3 rings (SSSR count). The van der Waals surface area contributed by atoms with E-state index >= 15 is 0 Å². The third-order valence-corrected chi connectivity index (χ3v) is 4.68. The minimum absolute atomic E-state index is 0.0889. The predicted octanol–water partition coefficient (Wildman–Crippen LogP) is 1.54. The van der Waals surface area contributed by atoms with Crippen molar-refractivity contribution in [3.8, 4) is 0 Å². The smallest absolute Gasteiger partial charge is 0.0697 e. The van der Waals surface area contributed by atoms with E-state index in [-0.39, 0.29) is 11.7 Å². The molecule has 1 spiro atoms. The molecule has 0 aromatic heterocycles. The molecule has 0 radical (unpaired) electrons. The number of ether oxygens (including phenoxy) is 1. The number of β-amino-alcohol motifs (C(OH)–C–C–N with tert-alkyl or cyclic N) is 1. The standard InChI is InChI=1S/C13H23NO2/c15-12-3-1-7-14(10-12)11-4-8-16-13(9-11)5-2-6-13/h11-12,15H,1-10H2. The summed E-state index contributed by atoms with van der Waals surface area (Å²) < 4.78 is 5.96. The number of likely N-dealkylation sites (tertiary alicyclic amines) is 1. The first-order valence-electron chi connectivity index (χ1n) is 6.84. The fourth-order valence-corrected chi connectivity index (χ4v) is 3.55. The molecular formula is C13H23NO2. The molecule has 2 saturated heterocycles. The van der Waals surface area contributed by atoms with Crippen LogP contribution in [0.4, 0.5) is 0 Å². The van der Waals surface area contributed by atoms with Crippen LogP contribution >= 0.6 is 0 Å². The largest absolute Gasteiger partial charge is 0.392 e. The molecule has 1 saturated carbocycles. The molecule has 3 aliphatic rings. The number of aliphatic hydroxyl groups excluding tert-OH is 1. The van der Waals surface area contributed by atoms with E-state index in [0.29, 0.717) is 6.04 Å². The Kier molecular flexibility index (Phi) is 2.94. The summed E-state index contributed by atoms with van der Waals surface area (Å²) in [5.41, 5.74) is 0.241. The average molecular weight is 225 g/mol. The quantitative estimate of drug-likeness (QED) is 0.735. The minimum Gasteiger partial charge on any atom is -0.392 e. The fourth-order valence-electron chi connectivity index (χ4n) is 3.55. The molecule has 2 aliphatic heterocycles. The SMILES string of the molecule is OC1CCCN(C2CCOC3(CCC3)C2)C1. The van der Waals surface area contributed by atoms with Crippen LogP contribution < -0.4 is 0 Å². The Balaban J connectivity index is 1.61. The number of hydrogen-bond acceptors (Lipinski definition) is 3. The molecule has 2 heterocycles. The zero-order valence-corrected chi connectivity index (χ0v) is 10.0. The van der Waals surface area contributed by atoms with Gasteiger partial charge in [-0.2, -0.15) is 0 Å². The Hall–Kier alpha value is -0.120. The fraction of sp³-hybridized carbons (Fsp3) is 1.00. The molecule has 0 aromatic rings. The Morgan fingerprint density at radius 2 is 2.06 bits per heavy atom. The summed E-state index contributed by atoms with van der Waals surface area (Å²) in [4.78, 5) is 2.51. The van der Waals surface area contributed by atoms with Gasteiger partial charge in [-0.25, -0.2) is 0 Å². The number of aliphatic hydroxyl groups is 1. The van der Waals surface area contributed by atoms with Crippen LogP contribution in [0.2, 0.25) is 0 Å². The summed E-state index contributed by atoms with van der Waals surface area (Å²) in [5, 5.41) is 9.74. The second-order valence-corrected chi connectivity index (χ2v) is 5.82. The highest BCUT2D eigenvalue weighted by atomic mass is 16.5. The Bertz CT molecular complexity index is 252. The van der Waals surface area contributed by atoms with Crippen molar-refractivity contribution in [2.24, 2.45) is 0 Å². The summed E-state index contributed by atoms with van der Waals surface area (Å²) >= 11 is 0. The molecule has 0 aromatic carbocycles. The van der Waals surface area contributed by atoms with Crippen molar-refractivity contribution in [3.63, 3.8) is 0 Å². The summed E-state index contributed by atoms with van der Waals surface area (Å²) in [6.45, 7) is 3.00.